The highest BCUT2D eigenvalue weighted by molar-refractivity contribution is 6.30. The molecule has 0 spiro atoms. The van der Waals surface area contributed by atoms with Crippen molar-refractivity contribution in [1.29, 1.82) is 0 Å². The van der Waals surface area contributed by atoms with Crippen molar-refractivity contribution in [2.24, 2.45) is 5.73 Å². The van der Waals surface area contributed by atoms with Gasteiger partial charge in [0.05, 0.1) is 6.33 Å². The SMILES string of the molecule is NC1CCC(Nc2nc(NCCNc3ccc(Cl)cc3)c3ncn(C4CCCC4)c3n2)CC1. The summed E-state index contributed by atoms with van der Waals surface area (Å²) in [5.41, 5.74) is 8.88. The summed E-state index contributed by atoms with van der Waals surface area (Å²) >= 11 is 5.97. The molecular weight excluding hydrogens is 436 g/mol. The standard InChI is InChI=1S/C24H33ClN8/c25-16-5-9-18(10-6-16)27-13-14-28-22-21-23(33(15-29-21)20-3-1-2-4-20)32-24(31-22)30-19-11-7-17(26)8-12-19/h5-6,9-10,15,17,19-20,27H,1-4,7-8,11-14,26H2,(H2,28,30,31,32). The van der Waals surface area contributed by atoms with Gasteiger partial charge in [-0.25, -0.2) is 4.98 Å². The van der Waals surface area contributed by atoms with Crippen LogP contribution in [0.1, 0.15) is 57.4 Å². The highest BCUT2D eigenvalue weighted by Gasteiger charge is 2.23. The van der Waals surface area contributed by atoms with Gasteiger partial charge >= 0.3 is 0 Å². The van der Waals surface area contributed by atoms with Crippen LogP contribution in [0.4, 0.5) is 17.5 Å². The Bertz CT molecular complexity index is 1050. The first-order chi connectivity index (χ1) is 16.2. The Hall–Kier alpha value is -2.58. The van der Waals surface area contributed by atoms with E-state index in [9.17, 15) is 0 Å². The predicted molar refractivity (Wildman–Crippen MR) is 135 cm³/mol. The van der Waals surface area contributed by atoms with Crippen molar-refractivity contribution in [2.45, 2.75) is 69.5 Å². The lowest BCUT2D eigenvalue weighted by Gasteiger charge is -2.27. The minimum atomic E-state index is 0.320. The fraction of sp³-hybridized carbons (Fsp3) is 0.542. The minimum Gasteiger partial charge on any atom is -0.383 e. The Morgan fingerprint density at radius 1 is 0.939 bits per heavy atom. The van der Waals surface area contributed by atoms with Gasteiger partial charge < -0.3 is 26.3 Å². The van der Waals surface area contributed by atoms with Gasteiger partial charge in [-0.3, -0.25) is 0 Å². The highest BCUT2D eigenvalue weighted by atomic mass is 35.5. The van der Waals surface area contributed by atoms with Gasteiger partial charge in [0.2, 0.25) is 5.95 Å². The first-order valence-electron chi connectivity index (χ1n) is 12.2. The molecule has 0 saturated heterocycles. The summed E-state index contributed by atoms with van der Waals surface area (Å²) in [5.74, 6) is 1.46. The van der Waals surface area contributed by atoms with Gasteiger partial charge in [-0.1, -0.05) is 24.4 Å². The first-order valence-corrected chi connectivity index (χ1v) is 12.5. The number of nitrogens with one attached hydrogen (secondary N) is 3. The van der Waals surface area contributed by atoms with E-state index in [4.69, 9.17) is 32.3 Å². The number of aromatic nitrogens is 4. The molecule has 5 rings (SSSR count). The number of nitrogens with zero attached hydrogens (tertiary/aromatic N) is 4. The monoisotopic (exact) mass is 468 g/mol. The second kappa shape index (κ2) is 10.1. The smallest absolute Gasteiger partial charge is 0.227 e. The number of fused-ring (bicyclic) bond motifs is 1. The average molecular weight is 469 g/mol. The van der Waals surface area contributed by atoms with Gasteiger partial charge in [0.15, 0.2) is 17.0 Å². The Morgan fingerprint density at radius 3 is 2.42 bits per heavy atom. The molecule has 0 bridgehead atoms. The molecule has 2 saturated carbocycles. The number of halogens is 1. The van der Waals surface area contributed by atoms with Crippen LogP contribution in [0.25, 0.3) is 11.2 Å². The number of hydrogen-bond acceptors (Lipinski definition) is 7. The lowest BCUT2D eigenvalue weighted by atomic mass is 9.92. The molecular formula is C24H33ClN8. The number of hydrogen-bond donors (Lipinski definition) is 4. The molecule has 1 aromatic carbocycles. The van der Waals surface area contributed by atoms with E-state index in [0.29, 0.717) is 30.6 Å². The van der Waals surface area contributed by atoms with E-state index in [2.05, 4.69) is 20.5 Å². The Balaban J connectivity index is 1.33. The van der Waals surface area contributed by atoms with Crippen molar-refractivity contribution in [3.05, 3.63) is 35.6 Å². The molecule has 2 fully saturated rings. The van der Waals surface area contributed by atoms with E-state index >= 15 is 0 Å². The molecule has 2 heterocycles. The first kappa shape index (κ1) is 22.2. The molecule has 0 unspecified atom stereocenters. The largest absolute Gasteiger partial charge is 0.383 e. The molecule has 176 valence electrons. The predicted octanol–water partition coefficient (Wildman–Crippen LogP) is 4.80. The van der Waals surface area contributed by atoms with E-state index in [0.717, 1.165) is 59.9 Å². The highest BCUT2D eigenvalue weighted by Crippen LogP contribution is 2.33. The summed E-state index contributed by atoms with van der Waals surface area (Å²) in [6, 6.07) is 8.89. The number of imidazole rings is 1. The lowest BCUT2D eigenvalue weighted by molar-refractivity contribution is 0.410. The maximum absolute atomic E-state index is 6.09. The molecule has 2 aliphatic rings. The van der Waals surface area contributed by atoms with Gasteiger partial charge in [0.25, 0.3) is 0 Å². The van der Waals surface area contributed by atoms with Crippen LogP contribution >= 0.6 is 11.6 Å². The maximum atomic E-state index is 6.09. The molecule has 2 aromatic heterocycles. The van der Waals surface area contributed by atoms with Crippen LogP contribution in [0.15, 0.2) is 30.6 Å². The van der Waals surface area contributed by atoms with Crippen molar-refractivity contribution in [2.75, 3.05) is 29.0 Å². The molecule has 0 radical (unpaired) electrons. The van der Waals surface area contributed by atoms with E-state index in [1.807, 2.05) is 30.6 Å². The van der Waals surface area contributed by atoms with Crippen LogP contribution in [-0.4, -0.2) is 44.7 Å². The van der Waals surface area contributed by atoms with E-state index in [1.165, 1.54) is 25.7 Å². The molecule has 8 nitrogen and oxygen atoms in total. The molecule has 33 heavy (non-hydrogen) atoms. The van der Waals surface area contributed by atoms with Crippen LogP contribution < -0.4 is 21.7 Å². The van der Waals surface area contributed by atoms with Crippen molar-refractivity contribution < 1.29 is 0 Å². The van der Waals surface area contributed by atoms with Gasteiger partial charge in [0, 0.05) is 41.9 Å². The Labute approximate surface area is 199 Å². The molecule has 9 heteroatoms. The quantitative estimate of drug-likeness (QED) is 0.352. The second-order valence-electron chi connectivity index (χ2n) is 9.27. The van der Waals surface area contributed by atoms with Crippen LogP contribution in [0.5, 0.6) is 0 Å². The van der Waals surface area contributed by atoms with Crippen LogP contribution in [0.3, 0.4) is 0 Å². The molecule has 0 aliphatic heterocycles. The number of anilines is 3. The minimum absolute atomic E-state index is 0.320. The summed E-state index contributed by atoms with van der Waals surface area (Å²) in [6.07, 6.45) is 11.0. The van der Waals surface area contributed by atoms with Gasteiger partial charge in [-0.15, -0.1) is 0 Å². The summed E-state index contributed by atoms with van der Waals surface area (Å²) in [5, 5.41) is 11.2. The zero-order valence-corrected chi connectivity index (χ0v) is 19.7. The Morgan fingerprint density at radius 2 is 1.67 bits per heavy atom. The van der Waals surface area contributed by atoms with Crippen molar-refractivity contribution >= 4 is 40.2 Å². The lowest BCUT2D eigenvalue weighted by Crippen LogP contribution is -2.33. The van der Waals surface area contributed by atoms with Crippen molar-refractivity contribution in [3.8, 4) is 0 Å². The van der Waals surface area contributed by atoms with Crippen molar-refractivity contribution in [3.63, 3.8) is 0 Å². The number of rotatable bonds is 8. The average Bonchev–Trinajstić information content (AvgIpc) is 3.49. The summed E-state index contributed by atoms with van der Waals surface area (Å²) in [6.45, 7) is 1.46. The van der Waals surface area contributed by atoms with E-state index in [1.54, 1.807) is 0 Å². The molecule has 2 aliphatic carbocycles. The normalized spacial score (nSPS) is 21.4. The zero-order valence-electron chi connectivity index (χ0n) is 18.9. The fourth-order valence-corrected chi connectivity index (χ4v) is 5.08. The molecule has 0 amide bonds. The van der Waals surface area contributed by atoms with Crippen LogP contribution in [0, 0.1) is 0 Å². The number of benzene rings is 1. The molecule has 0 atom stereocenters. The second-order valence-corrected chi connectivity index (χ2v) is 9.71. The zero-order chi connectivity index (χ0) is 22.6. The van der Waals surface area contributed by atoms with Crippen LogP contribution in [-0.2, 0) is 0 Å². The maximum Gasteiger partial charge on any atom is 0.227 e. The summed E-state index contributed by atoms with van der Waals surface area (Å²) in [7, 11) is 0. The third-order valence-electron chi connectivity index (χ3n) is 6.84. The van der Waals surface area contributed by atoms with Crippen LogP contribution in [0.2, 0.25) is 5.02 Å². The third-order valence-corrected chi connectivity index (χ3v) is 7.09. The van der Waals surface area contributed by atoms with Crippen molar-refractivity contribution in [1.82, 2.24) is 19.5 Å². The van der Waals surface area contributed by atoms with Gasteiger partial charge in [-0.2, -0.15) is 9.97 Å². The Kier molecular flexibility index (Phi) is 6.83. The number of nitrogens with two attached hydrogens (primary N) is 1. The molecule has 3 aromatic rings. The van der Waals surface area contributed by atoms with Gasteiger partial charge in [0.1, 0.15) is 0 Å². The topological polar surface area (TPSA) is 106 Å². The summed E-state index contributed by atoms with van der Waals surface area (Å²) in [4.78, 5) is 14.4. The van der Waals surface area contributed by atoms with E-state index in [-0.39, 0.29) is 0 Å². The fourth-order valence-electron chi connectivity index (χ4n) is 4.96. The summed E-state index contributed by atoms with van der Waals surface area (Å²) < 4.78 is 2.25. The third kappa shape index (κ3) is 5.33. The van der Waals surface area contributed by atoms with Gasteiger partial charge in [-0.05, 0) is 62.8 Å². The van der Waals surface area contributed by atoms with E-state index < -0.39 is 0 Å². The molecule has 5 N–H and O–H groups in total.